The predicted molar refractivity (Wildman–Crippen MR) is 114 cm³/mol. The van der Waals surface area contributed by atoms with Gasteiger partial charge in [0.05, 0.1) is 12.7 Å². The smallest absolute Gasteiger partial charge is 0.423 e. The van der Waals surface area contributed by atoms with E-state index in [1.54, 1.807) is 27.6 Å². The van der Waals surface area contributed by atoms with Crippen molar-refractivity contribution in [3.63, 3.8) is 0 Å². The lowest BCUT2D eigenvalue weighted by Gasteiger charge is -2.27. The summed E-state index contributed by atoms with van der Waals surface area (Å²) in [6.07, 6.45) is -7.73. The molecule has 0 bridgehead atoms. The summed E-state index contributed by atoms with van der Waals surface area (Å²) in [5, 5.41) is 3.57. The SMILES string of the molecule is COc1ccc(C(=O)O[C@H]2C[C@H](n3cc(C(F)(F)F)c(=O)[nH]c3=O)OC2(CI)N=[N+]=[N-])cc1. The fourth-order valence-electron chi connectivity index (χ4n) is 3.17. The Morgan fingerprint density at radius 1 is 1.39 bits per heavy atom. The van der Waals surface area contributed by atoms with Crippen LogP contribution in [0.25, 0.3) is 10.4 Å². The zero-order valence-electron chi connectivity index (χ0n) is 16.7. The van der Waals surface area contributed by atoms with E-state index < -0.39 is 47.0 Å². The molecule has 1 N–H and O–H groups in total. The molecule has 15 heteroatoms. The summed E-state index contributed by atoms with van der Waals surface area (Å²) in [5.74, 6) is -0.330. The van der Waals surface area contributed by atoms with Crippen LogP contribution in [0.3, 0.4) is 0 Å². The third kappa shape index (κ3) is 4.99. The van der Waals surface area contributed by atoms with Gasteiger partial charge in [0.25, 0.3) is 5.56 Å². The van der Waals surface area contributed by atoms with E-state index in [0.717, 1.165) is 0 Å². The number of hydrogen-bond acceptors (Lipinski definition) is 7. The molecule has 3 rings (SSSR count). The first-order valence-electron chi connectivity index (χ1n) is 9.12. The van der Waals surface area contributed by atoms with Crippen LogP contribution in [0.15, 0.2) is 45.2 Å². The molecular formula is C18H15F3IN5O6. The Kier molecular flexibility index (Phi) is 7.04. The molecule has 3 atom stereocenters. The third-order valence-corrected chi connectivity index (χ3v) is 5.92. The van der Waals surface area contributed by atoms with Crippen molar-refractivity contribution in [2.24, 2.45) is 5.11 Å². The van der Waals surface area contributed by atoms with E-state index in [1.807, 2.05) is 0 Å². The van der Waals surface area contributed by atoms with Crippen molar-refractivity contribution < 1.29 is 32.2 Å². The van der Waals surface area contributed by atoms with Gasteiger partial charge in [0.1, 0.15) is 23.6 Å². The summed E-state index contributed by atoms with van der Waals surface area (Å²) in [4.78, 5) is 40.7. The zero-order valence-corrected chi connectivity index (χ0v) is 18.9. The van der Waals surface area contributed by atoms with Crippen molar-refractivity contribution in [2.75, 3.05) is 11.5 Å². The molecule has 1 fully saturated rings. The summed E-state index contributed by atoms with van der Waals surface area (Å²) in [6, 6.07) is 5.88. The Labute approximate surface area is 196 Å². The first-order valence-corrected chi connectivity index (χ1v) is 10.6. The van der Waals surface area contributed by atoms with E-state index >= 15 is 0 Å². The average Bonchev–Trinajstić information content (AvgIpc) is 3.11. The molecule has 1 unspecified atom stereocenters. The number of methoxy groups -OCH3 is 1. The van der Waals surface area contributed by atoms with E-state index in [9.17, 15) is 27.6 Å². The lowest BCUT2D eigenvalue weighted by Crippen LogP contribution is -2.42. The maximum atomic E-state index is 13.2. The monoisotopic (exact) mass is 581 g/mol. The second kappa shape index (κ2) is 9.44. The maximum Gasteiger partial charge on any atom is 0.423 e. The number of nitrogens with zero attached hydrogens (tertiary/aromatic N) is 4. The number of ether oxygens (including phenoxy) is 3. The molecule has 1 aromatic heterocycles. The number of nitrogens with one attached hydrogen (secondary N) is 1. The maximum absolute atomic E-state index is 13.2. The normalized spacial score (nSPS) is 22.5. The number of aromatic nitrogens is 2. The first-order chi connectivity index (χ1) is 15.5. The van der Waals surface area contributed by atoms with E-state index in [0.29, 0.717) is 16.5 Å². The fourth-order valence-corrected chi connectivity index (χ4v) is 3.99. The van der Waals surface area contributed by atoms with Crippen molar-refractivity contribution in [1.82, 2.24) is 9.55 Å². The molecule has 0 saturated carbocycles. The second-order valence-corrected chi connectivity index (χ2v) is 7.57. The molecular weight excluding hydrogens is 566 g/mol. The van der Waals surface area contributed by atoms with Gasteiger partial charge in [-0.2, -0.15) is 13.2 Å². The minimum absolute atomic E-state index is 0.0594. The van der Waals surface area contributed by atoms with Crippen LogP contribution in [0, 0.1) is 0 Å². The summed E-state index contributed by atoms with van der Waals surface area (Å²) in [7, 11) is 1.45. The molecule has 0 aliphatic carbocycles. The predicted octanol–water partition coefficient (Wildman–Crippen LogP) is 3.15. The molecule has 176 valence electrons. The highest BCUT2D eigenvalue weighted by Gasteiger charge is 2.51. The van der Waals surface area contributed by atoms with Crippen molar-refractivity contribution in [1.29, 1.82) is 0 Å². The van der Waals surface area contributed by atoms with Gasteiger partial charge in [-0.25, -0.2) is 9.59 Å². The standard InChI is InChI=1S/C18H15F3IN5O6/c1-31-10-4-2-9(3-5-10)15(29)32-12-6-13(33-17(12,8-22)25-26-23)27-7-11(18(19,20)21)14(28)24-16(27)30/h2-5,7,12-13H,6,8H2,1H3,(H,24,28,30)/t12-,13+,17?/m0/s1. The number of H-pyrrole nitrogens is 1. The number of aromatic amines is 1. The van der Waals surface area contributed by atoms with E-state index in [1.165, 1.54) is 31.4 Å². The highest BCUT2D eigenvalue weighted by Crippen LogP contribution is 2.41. The van der Waals surface area contributed by atoms with Crippen LogP contribution in [-0.2, 0) is 15.7 Å². The van der Waals surface area contributed by atoms with Crippen LogP contribution >= 0.6 is 22.6 Å². The molecule has 2 heterocycles. The molecule has 11 nitrogen and oxygen atoms in total. The van der Waals surface area contributed by atoms with E-state index in [4.69, 9.17) is 19.7 Å². The van der Waals surface area contributed by atoms with Crippen molar-refractivity contribution >= 4 is 28.6 Å². The minimum atomic E-state index is -5.03. The zero-order chi connectivity index (χ0) is 24.4. The van der Waals surface area contributed by atoms with Gasteiger partial charge in [-0.05, 0) is 29.8 Å². The molecule has 1 saturated heterocycles. The number of azide groups is 1. The number of esters is 1. The third-order valence-electron chi connectivity index (χ3n) is 4.82. The van der Waals surface area contributed by atoms with Gasteiger partial charge in [0.2, 0.25) is 0 Å². The average molecular weight is 581 g/mol. The van der Waals surface area contributed by atoms with E-state index in [2.05, 4.69) is 10.0 Å². The molecule has 0 spiro atoms. The van der Waals surface area contributed by atoms with Gasteiger partial charge in [-0.15, -0.1) is 0 Å². The molecule has 33 heavy (non-hydrogen) atoms. The van der Waals surface area contributed by atoms with Crippen LogP contribution in [0.2, 0.25) is 0 Å². The van der Waals surface area contributed by atoms with Crippen LogP contribution in [0.1, 0.15) is 28.6 Å². The van der Waals surface area contributed by atoms with E-state index in [-0.39, 0.29) is 16.4 Å². The Morgan fingerprint density at radius 3 is 2.61 bits per heavy atom. The van der Waals surface area contributed by atoms with Gasteiger partial charge in [0.15, 0.2) is 5.72 Å². The number of benzene rings is 1. The molecule has 1 aliphatic rings. The number of hydrogen-bond donors (Lipinski definition) is 1. The van der Waals surface area contributed by atoms with Gasteiger partial charge in [0, 0.05) is 22.0 Å². The molecule has 1 aromatic carbocycles. The van der Waals surface area contributed by atoms with Gasteiger partial charge in [-0.1, -0.05) is 27.7 Å². The number of carbonyl (C=O) groups excluding carboxylic acids is 1. The van der Waals surface area contributed by atoms with Crippen LogP contribution in [0.5, 0.6) is 5.75 Å². The Bertz CT molecular complexity index is 1210. The van der Waals surface area contributed by atoms with Crippen LogP contribution < -0.4 is 16.0 Å². The summed E-state index contributed by atoms with van der Waals surface area (Å²) in [6.45, 7) is 0. The Hall–Kier alpha value is -3.04. The quantitative estimate of drug-likeness (QED) is 0.138. The lowest BCUT2D eigenvalue weighted by molar-refractivity contribution is -0.140. The van der Waals surface area contributed by atoms with Crippen LogP contribution in [0.4, 0.5) is 13.2 Å². The first kappa shape index (κ1) is 24.6. The summed E-state index contributed by atoms with van der Waals surface area (Å²) < 4.78 is 56.0. The minimum Gasteiger partial charge on any atom is -0.497 e. The Balaban J connectivity index is 1.97. The van der Waals surface area contributed by atoms with Crippen molar-refractivity contribution in [2.45, 2.75) is 30.7 Å². The molecule has 0 radical (unpaired) electrons. The van der Waals surface area contributed by atoms with Gasteiger partial charge >= 0.3 is 17.8 Å². The van der Waals surface area contributed by atoms with Crippen molar-refractivity contribution in [3.8, 4) is 5.75 Å². The second-order valence-electron chi connectivity index (χ2n) is 6.81. The van der Waals surface area contributed by atoms with Gasteiger partial charge < -0.3 is 14.2 Å². The van der Waals surface area contributed by atoms with Crippen molar-refractivity contribution in [3.05, 3.63) is 72.9 Å². The molecule has 0 amide bonds. The molecule has 2 aromatic rings. The largest absolute Gasteiger partial charge is 0.497 e. The number of rotatable bonds is 6. The van der Waals surface area contributed by atoms with Crippen LogP contribution in [-0.4, -0.2) is 38.9 Å². The fraction of sp³-hybridized carbons (Fsp3) is 0.389. The highest BCUT2D eigenvalue weighted by atomic mass is 127. The number of halogens is 4. The summed E-state index contributed by atoms with van der Waals surface area (Å²) in [5.41, 5.74) is 2.92. The summed E-state index contributed by atoms with van der Waals surface area (Å²) >= 11 is 1.79. The lowest BCUT2D eigenvalue weighted by atomic mass is 10.1. The topological polar surface area (TPSA) is 148 Å². The highest BCUT2D eigenvalue weighted by molar-refractivity contribution is 14.1. The number of carbonyl (C=O) groups is 1. The number of alkyl halides is 4. The Morgan fingerprint density at radius 2 is 2.06 bits per heavy atom. The van der Waals surface area contributed by atoms with Gasteiger partial charge in [-0.3, -0.25) is 14.3 Å². The molecule has 1 aliphatic heterocycles.